The minimum Gasteiger partial charge on any atom is -0.336 e. The third-order valence-corrected chi connectivity index (χ3v) is 4.58. The second-order valence-corrected chi connectivity index (χ2v) is 5.67. The smallest absolute Gasteiger partial charge is 0.241 e. The lowest BCUT2D eigenvalue weighted by Crippen LogP contribution is -2.54. The zero-order chi connectivity index (χ0) is 11.7. The number of carbonyl (C=O) groups excluding carboxylic acids is 1. The van der Waals surface area contributed by atoms with Crippen LogP contribution in [0.1, 0.15) is 26.2 Å². The number of nitrogens with zero attached hydrogens (tertiary/aromatic N) is 2. The van der Waals surface area contributed by atoms with Gasteiger partial charge in [-0.05, 0) is 32.4 Å². The highest BCUT2D eigenvalue weighted by Gasteiger charge is 2.38. The van der Waals surface area contributed by atoms with Gasteiger partial charge in [0.15, 0.2) is 0 Å². The molecule has 0 spiro atoms. The van der Waals surface area contributed by atoms with E-state index >= 15 is 0 Å². The lowest BCUT2D eigenvalue weighted by Gasteiger charge is -2.36. The van der Waals surface area contributed by atoms with Crippen LogP contribution in [0.3, 0.4) is 0 Å². The second-order valence-electron chi connectivity index (χ2n) is 4.79. The van der Waals surface area contributed by atoms with Crippen LogP contribution in [0.2, 0.25) is 0 Å². The minimum absolute atomic E-state index is 0.147. The van der Waals surface area contributed by atoms with Gasteiger partial charge in [0.25, 0.3) is 0 Å². The van der Waals surface area contributed by atoms with Gasteiger partial charge in [0.1, 0.15) is 0 Å². The van der Waals surface area contributed by atoms with Crippen LogP contribution in [-0.2, 0) is 4.79 Å². The summed E-state index contributed by atoms with van der Waals surface area (Å²) >= 11 is 1.69. The molecule has 4 nitrogen and oxygen atoms in total. The van der Waals surface area contributed by atoms with E-state index < -0.39 is 0 Å². The van der Waals surface area contributed by atoms with Crippen molar-refractivity contribution in [3.05, 3.63) is 0 Å². The zero-order valence-electron chi connectivity index (χ0n) is 10.1. The summed E-state index contributed by atoms with van der Waals surface area (Å²) in [4.78, 5) is 14.3. The molecule has 3 atom stereocenters. The second kappa shape index (κ2) is 4.94. The Kier molecular flexibility index (Phi) is 3.77. The Morgan fingerprint density at radius 1 is 1.38 bits per heavy atom. The van der Waals surface area contributed by atoms with E-state index in [1.165, 1.54) is 0 Å². The highest BCUT2D eigenvalue weighted by molar-refractivity contribution is 7.96. The maximum absolute atomic E-state index is 12.2. The van der Waals surface area contributed by atoms with E-state index in [1.807, 2.05) is 11.2 Å². The molecule has 0 aromatic carbocycles. The molecule has 2 N–H and O–H groups in total. The Hall–Kier alpha value is -0.260. The van der Waals surface area contributed by atoms with E-state index in [4.69, 9.17) is 5.73 Å². The Bertz CT molecular complexity index is 274. The molecule has 0 aromatic rings. The van der Waals surface area contributed by atoms with Crippen molar-refractivity contribution in [2.24, 2.45) is 5.73 Å². The maximum atomic E-state index is 12.2. The average molecular weight is 243 g/mol. The highest BCUT2D eigenvalue weighted by Crippen LogP contribution is 2.29. The van der Waals surface area contributed by atoms with Crippen LogP contribution in [0.25, 0.3) is 0 Å². The standard InChI is InChI=1S/C11H21N3OS/c1-8-3-4-9-5-6-13(16-2)7-10(12)11(15)14(8)9/h8-10H,3-7,12H2,1-2H3. The number of carbonyl (C=O) groups is 1. The van der Waals surface area contributed by atoms with Crippen molar-refractivity contribution in [3.8, 4) is 0 Å². The summed E-state index contributed by atoms with van der Waals surface area (Å²) in [5.41, 5.74) is 5.99. The molecule has 3 unspecified atom stereocenters. The van der Waals surface area contributed by atoms with Crippen molar-refractivity contribution in [1.29, 1.82) is 0 Å². The highest BCUT2D eigenvalue weighted by atomic mass is 32.2. The van der Waals surface area contributed by atoms with Crippen LogP contribution in [-0.4, -0.2) is 52.6 Å². The summed E-state index contributed by atoms with van der Waals surface area (Å²) in [6.45, 7) is 3.85. The molecule has 92 valence electrons. The minimum atomic E-state index is -0.351. The van der Waals surface area contributed by atoms with Crippen LogP contribution in [0.5, 0.6) is 0 Å². The quantitative estimate of drug-likeness (QED) is 0.688. The Morgan fingerprint density at radius 3 is 2.81 bits per heavy atom. The molecule has 0 aromatic heterocycles. The number of nitrogens with two attached hydrogens (primary N) is 1. The van der Waals surface area contributed by atoms with Gasteiger partial charge < -0.3 is 10.6 Å². The van der Waals surface area contributed by atoms with E-state index in [1.54, 1.807) is 11.9 Å². The molecule has 2 aliphatic heterocycles. The van der Waals surface area contributed by atoms with Gasteiger partial charge in [0, 0.05) is 25.2 Å². The van der Waals surface area contributed by atoms with Crippen molar-refractivity contribution < 1.29 is 4.79 Å². The molecule has 16 heavy (non-hydrogen) atoms. The fraction of sp³-hybridized carbons (Fsp3) is 0.909. The van der Waals surface area contributed by atoms with Crippen molar-refractivity contribution in [2.75, 3.05) is 19.3 Å². The van der Waals surface area contributed by atoms with Gasteiger partial charge in [0.2, 0.25) is 5.91 Å². The SMILES string of the molecule is CSN1CCC2CCC(C)N2C(=O)C(N)C1. The van der Waals surface area contributed by atoms with Gasteiger partial charge >= 0.3 is 0 Å². The number of hydrogen-bond acceptors (Lipinski definition) is 4. The van der Waals surface area contributed by atoms with Crippen molar-refractivity contribution in [3.63, 3.8) is 0 Å². The van der Waals surface area contributed by atoms with Crippen LogP contribution in [0, 0.1) is 0 Å². The largest absolute Gasteiger partial charge is 0.336 e. The van der Waals surface area contributed by atoms with Crippen molar-refractivity contribution in [2.45, 2.75) is 44.3 Å². The lowest BCUT2D eigenvalue weighted by atomic mass is 10.1. The fourth-order valence-corrected chi connectivity index (χ4v) is 3.39. The van der Waals surface area contributed by atoms with Gasteiger partial charge in [-0.2, -0.15) is 0 Å². The Balaban J connectivity index is 2.13. The average Bonchev–Trinajstić information content (AvgIpc) is 2.62. The van der Waals surface area contributed by atoms with E-state index in [0.717, 1.165) is 25.8 Å². The lowest BCUT2D eigenvalue weighted by molar-refractivity contribution is -0.136. The van der Waals surface area contributed by atoms with Crippen molar-refractivity contribution >= 4 is 17.9 Å². The molecule has 0 saturated carbocycles. The third kappa shape index (κ3) is 2.21. The molecule has 2 rings (SSSR count). The molecule has 0 bridgehead atoms. The normalized spacial score (nSPS) is 37.1. The first-order valence-electron chi connectivity index (χ1n) is 6.00. The van der Waals surface area contributed by atoms with Crippen LogP contribution >= 0.6 is 11.9 Å². The molecule has 5 heteroatoms. The van der Waals surface area contributed by atoms with Crippen molar-refractivity contribution in [1.82, 2.24) is 9.21 Å². The molecule has 2 heterocycles. The van der Waals surface area contributed by atoms with Gasteiger partial charge in [-0.1, -0.05) is 11.9 Å². The zero-order valence-corrected chi connectivity index (χ0v) is 10.9. The Morgan fingerprint density at radius 2 is 2.12 bits per heavy atom. The first-order chi connectivity index (χ1) is 7.63. The van der Waals surface area contributed by atoms with Crippen LogP contribution in [0.15, 0.2) is 0 Å². The summed E-state index contributed by atoms with van der Waals surface area (Å²) < 4.78 is 2.21. The Labute approximate surface area is 102 Å². The van der Waals surface area contributed by atoms with E-state index in [9.17, 15) is 4.79 Å². The van der Waals surface area contributed by atoms with Gasteiger partial charge in [-0.25, -0.2) is 4.31 Å². The van der Waals surface area contributed by atoms with Crippen LogP contribution < -0.4 is 5.73 Å². The van der Waals surface area contributed by atoms with Gasteiger partial charge in [0.05, 0.1) is 6.04 Å². The molecule has 0 radical (unpaired) electrons. The monoisotopic (exact) mass is 243 g/mol. The van der Waals surface area contributed by atoms with Gasteiger partial charge in [-0.15, -0.1) is 0 Å². The predicted octanol–water partition coefficient (Wildman–Crippen LogP) is 0.677. The number of hydrogen-bond donors (Lipinski definition) is 1. The molecular formula is C11H21N3OS. The van der Waals surface area contributed by atoms with E-state index in [0.29, 0.717) is 18.6 Å². The first kappa shape index (κ1) is 12.2. The molecule has 2 saturated heterocycles. The number of fused-ring (bicyclic) bond motifs is 1. The molecule has 0 aliphatic carbocycles. The summed E-state index contributed by atoms with van der Waals surface area (Å²) in [6, 6.07) is 0.448. The van der Waals surface area contributed by atoms with E-state index in [-0.39, 0.29) is 11.9 Å². The maximum Gasteiger partial charge on any atom is 0.241 e. The molecule has 1 amide bonds. The number of amides is 1. The molecule has 2 fully saturated rings. The van der Waals surface area contributed by atoms with Crippen LogP contribution in [0.4, 0.5) is 0 Å². The summed E-state index contributed by atoms with van der Waals surface area (Å²) in [6.07, 6.45) is 5.40. The van der Waals surface area contributed by atoms with E-state index in [2.05, 4.69) is 11.2 Å². The summed E-state index contributed by atoms with van der Waals surface area (Å²) in [5, 5.41) is 0. The predicted molar refractivity (Wildman–Crippen MR) is 67.0 cm³/mol. The topological polar surface area (TPSA) is 49.6 Å². The summed E-state index contributed by atoms with van der Waals surface area (Å²) in [5.74, 6) is 0.147. The third-order valence-electron chi connectivity index (χ3n) is 3.73. The van der Waals surface area contributed by atoms with Gasteiger partial charge in [-0.3, -0.25) is 4.79 Å². The first-order valence-corrected chi connectivity index (χ1v) is 7.18. The summed E-state index contributed by atoms with van der Waals surface area (Å²) in [7, 11) is 0. The molecular weight excluding hydrogens is 222 g/mol. The fourth-order valence-electron chi connectivity index (χ4n) is 2.79. The number of rotatable bonds is 1. The molecule has 2 aliphatic rings.